The molecule has 1 N–H and O–H groups in total. The van der Waals surface area contributed by atoms with Gasteiger partial charge in [-0.05, 0) is 12.5 Å². The summed E-state index contributed by atoms with van der Waals surface area (Å²) in [5.74, 6) is 1.24. The molecule has 1 amide bonds. The van der Waals surface area contributed by atoms with Crippen LogP contribution in [0.15, 0.2) is 43.6 Å². The SMILES string of the molecule is C=CC(=O)N1C[C@@H]2C[C@H]1CN2c1nccn2c(N3C[C@H](F)C[C@@H](Nc4ncc(C(F)(F)F)cn4)C3)ncc12. The molecule has 38 heavy (non-hydrogen) atoms. The minimum Gasteiger partial charge on any atom is -0.350 e. The second-order valence-corrected chi connectivity index (χ2v) is 9.83. The molecule has 3 aromatic rings. The molecular formula is C24H25F4N9O. The lowest BCUT2D eigenvalue weighted by Crippen LogP contribution is -2.49. The van der Waals surface area contributed by atoms with Crippen LogP contribution in [0.3, 0.4) is 0 Å². The zero-order valence-corrected chi connectivity index (χ0v) is 20.2. The molecule has 0 saturated carbocycles. The second-order valence-electron chi connectivity index (χ2n) is 9.83. The molecule has 4 atom stereocenters. The van der Waals surface area contributed by atoms with Crippen molar-refractivity contribution in [3.8, 4) is 0 Å². The number of imidazole rings is 1. The molecule has 3 aromatic heterocycles. The van der Waals surface area contributed by atoms with Crippen molar-refractivity contribution in [1.29, 1.82) is 0 Å². The maximum Gasteiger partial charge on any atom is 0.419 e. The smallest absolute Gasteiger partial charge is 0.350 e. The fraction of sp³-hybridized carbons (Fsp3) is 0.458. The van der Waals surface area contributed by atoms with Crippen molar-refractivity contribution >= 4 is 29.1 Å². The first-order chi connectivity index (χ1) is 18.2. The third-order valence-electron chi connectivity index (χ3n) is 7.38. The van der Waals surface area contributed by atoms with Gasteiger partial charge in [-0.15, -0.1) is 0 Å². The highest BCUT2D eigenvalue weighted by Crippen LogP contribution is 2.36. The van der Waals surface area contributed by atoms with Crippen molar-refractivity contribution in [2.24, 2.45) is 0 Å². The van der Waals surface area contributed by atoms with Crippen LogP contribution in [0, 0.1) is 0 Å². The van der Waals surface area contributed by atoms with E-state index in [1.54, 1.807) is 23.5 Å². The largest absolute Gasteiger partial charge is 0.419 e. The number of likely N-dealkylation sites (tertiary alicyclic amines) is 1. The van der Waals surface area contributed by atoms with Gasteiger partial charge in [-0.3, -0.25) is 9.20 Å². The predicted molar refractivity (Wildman–Crippen MR) is 131 cm³/mol. The Morgan fingerprint density at radius 1 is 1.03 bits per heavy atom. The number of halogens is 4. The van der Waals surface area contributed by atoms with Crippen molar-refractivity contribution in [2.45, 2.75) is 43.3 Å². The first-order valence-corrected chi connectivity index (χ1v) is 12.3. The molecule has 0 aliphatic carbocycles. The molecular weight excluding hydrogens is 506 g/mol. The fourth-order valence-corrected chi connectivity index (χ4v) is 5.71. The number of fused-ring (bicyclic) bond motifs is 3. The van der Waals surface area contributed by atoms with Crippen molar-refractivity contribution in [3.63, 3.8) is 0 Å². The van der Waals surface area contributed by atoms with E-state index in [2.05, 4.69) is 36.7 Å². The van der Waals surface area contributed by atoms with Gasteiger partial charge in [0, 0.05) is 56.9 Å². The average Bonchev–Trinajstić information content (AvgIpc) is 3.62. The molecule has 14 heteroatoms. The molecule has 0 spiro atoms. The van der Waals surface area contributed by atoms with Gasteiger partial charge in [-0.2, -0.15) is 13.2 Å². The first-order valence-electron chi connectivity index (χ1n) is 12.3. The summed E-state index contributed by atoms with van der Waals surface area (Å²) >= 11 is 0. The number of hydrogen-bond acceptors (Lipinski definition) is 8. The number of rotatable bonds is 5. The van der Waals surface area contributed by atoms with Crippen LogP contribution in [-0.2, 0) is 11.0 Å². The molecule has 10 nitrogen and oxygen atoms in total. The van der Waals surface area contributed by atoms with Gasteiger partial charge >= 0.3 is 6.18 Å². The summed E-state index contributed by atoms with van der Waals surface area (Å²) < 4.78 is 55.1. The number of carbonyl (C=O) groups excluding carboxylic acids is 1. The Morgan fingerprint density at radius 2 is 1.82 bits per heavy atom. The van der Waals surface area contributed by atoms with Gasteiger partial charge < -0.3 is 20.0 Å². The van der Waals surface area contributed by atoms with Crippen LogP contribution in [0.25, 0.3) is 5.52 Å². The summed E-state index contributed by atoms with van der Waals surface area (Å²) in [7, 11) is 0. The lowest BCUT2D eigenvalue weighted by Gasteiger charge is -2.36. The maximum atomic E-state index is 14.8. The number of amides is 1. The Labute approximate surface area is 215 Å². The molecule has 0 radical (unpaired) electrons. The fourth-order valence-electron chi connectivity index (χ4n) is 5.71. The number of nitrogens with zero attached hydrogens (tertiary/aromatic N) is 8. The topological polar surface area (TPSA) is 94.8 Å². The number of piperidine rings is 1. The second kappa shape index (κ2) is 9.10. The van der Waals surface area contributed by atoms with Crippen LogP contribution < -0.4 is 15.1 Å². The van der Waals surface area contributed by atoms with Gasteiger partial charge in [0.05, 0.1) is 30.4 Å². The van der Waals surface area contributed by atoms with E-state index in [4.69, 9.17) is 0 Å². The van der Waals surface area contributed by atoms with Crippen LogP contribution in [0.1, 0.15) is 18.4 Å². The zero-order valence-electron chi connectivity index (χ0n) is 20.2. The number of anilines is 3. The van der Waals surface area contributed by atoms with Crippen LogP contribution in [0.2, 0.25) is 0 Å². The van der Waals surface area contributed by atoms with Gasteiger partial charge in [-0.1, -0.05) is 6.58 Å². The first kappa shape index (κ1) is 24.4. The molecule has 200 valence electrons. The molecule has 2 bridgehead atoms. The lowest BCUT2D eigenvalue weighted by molar-refractivity contribution is -0.138. The van der Waals surface area contributed by atoms with E-state index in [1.165, 1.54) is 6.08 Å². The summed E-state index contributed by atoms with van der Waals surface area (Å²) in [5.41, 5.74) is -0.176. The predicted octanol–water partition coefficient (Wildman–Crippen LogP) is 2.54. The number of alkyl halides is 4. The average molecular weight is 532 g/mol. The van der Waals surface area contributed by atoms with E-state index in [9.17, 15) is 22.4 Å². The van der Waals surface area contributed by atoms with Crippen LogP contribution in [0.4, 0.5) is 35.3 Å². The number of carbonyl (C=O) groups is 1. The molecule has 6 rings (SSSR count). The van der Waals surface area contributed by atoms with Gasteiger partial charge in [-0.25, -0.2) is 24.3 Å². The minimum atomic E-state index is -4.53. The van der Waals surface area contributed by atoms with E-state index < -0.39 is 24.0 Å². The molecule has 3 aliphatic rings. The summed E-state index contributed by atoms with van der Waals surface area (Å²) in [6.45, 7) is 5.33. The quantitative estimate of drug-likeness (QED) is 0.397. The number of aromatic nitrogens is 5. The van der Waals surface area contributed by atoms with Gasteiger partial charge in [0.2, 0.25) is 17.8 Å². The standard InChI is InChI=1S/C24H25F4N9O/c1-2-20(38)36-12-18-6-17(36)13-37(18)21-19-9-32-23(35(19)4-3-29-21)34-10-15(25)5-16(11-34)33-22-30-7-14(8-31-22)24(26,27)28/h2-4,7-9,15-18H,1,5-6,10-13H2,(H,30,31,33)/t15-,16-,17+,18+/m1/s1. The maximum absolute atomic E-state index is 14.8. The van der Waals surface area contributed by atoms with Gasteiger partial charge in [0.1, 0.15) is 11.7 Å². The highest BCUT2D eigenvalue weighted by Gasteiger charge is 2.45. The van der Waals surface area contributed by atoms with Crippen molar-refractivity contribution in [2.75, 3.05) is 41.3 Å². The molecule has 3 aliphatic heterocycles. The highest BCUT2D eigenvalue weighted by molar-refractivity contribution is 5.88. The van der Waals surface area contributed by atoms with Crippen LogP contribution in [0.5, 0.6) is 0 Å². The van der Waals surface area contributed by atoms with Crippen molar-refractivity contribution in [1.82, 2.24) is 29.2 Å². The summed E-state index contributed by atoms with van der Waals surface area (Å²) in [6.07, 6.45) is 3.21. The highest BCUT2D eigenvalue weighted by atomic mass is 19.4. The van der Waals surface area contributed by atoms with E-state index in [0.29, 0.717) is 38.0 Å². The minimum absolute atomic E-state index is 0.00424. The van der Waals surface area contributed by atoms with Crippen molar-refractivity contribution in [3.05, 3.63) is 49.2 Å². The molecule has 3 fully saturated rings. The van der Waals surface area contributed by atoms with Crippen LogP contribution in [-0.4, -0.2) is 85.6 Å². The Bertz CT molecular complexity index is 1360. The third-order valence-corrected chi connectivity index (χ3v) is 7.38. The van der Waals surface area contributed by atoms with E-state index in [-0.39, 0.29) is 36.9 Å². The lowest BCUT2D eigenvalue weighted by atomic mass is 10.0. The zero-order chi connectivity index (χ0) is 26.6. The summed E-state index contributed by atoms with van der Waals surface area (Å²) in [6, 6.07) is -0.195. The van der Waals surface area contributed by atoms with Crippen LogP contribution >= 0.6 is 0 Å². The summed E-state index contributed by atoms with van der Waals surface area (Å²) in [5, 5.41) is 2.95. The monoisotopic (exact) mass is 531 g/mol. The number of hydrogen-bond donors (Lipinski definition) is 1. The third kappa shape index (κ3) is 4.27. The molecule has 6 heterocycles. The Morgan fingerprint density at radius 3 is 2.50 bits per heavy atom. The Balaban J connectivity index is 1.20. The Hall–Kier alpha value is -3.97. The van der Waals surface area contributed by atoms with E-state index in [1.807, 2.05) is 9.30 Å². The van der Waals surface area contributed by atoms with Gasteiger partial charge in [0.25, 0.3) is 0 Å². The number of piperazine rings is 1. The summed E-state index contributed by atoms with van der Waals surface area (Å²) in [4.78, 5) is 34.6. The normalized spacial score (nSPS) is 25.3. The molecule has 3 saturated heterocycles. The molecule has 0 aromatic carbocycles. The Kier molecular flexibility index (Phi) is 5.83. The van der Waals surface area contributed by atoms with Gasteiger partial charge in [0.15, 0.2) is 5.82 Å². The van der Waals surface area contributed by atoms with Crippen molar-refractivity contribution < 1.29 is 22.4 Å². The molecule has 0 unspecified atom stereocenters. The van der Waals surface area contributed by atoms with E-state index in [0.717, 1.165) is 17.8 Å². The number of nitrogens with one attached hydrogen (secondary N) is 1. The van der Waals surface area contributed by atoms with E-state index >= 15 is 0 Å².